The Hall–Kier alpha value is -1.37. The van der Waals surface area contributed by atoms with Crippen molar-refractivity contribution in [2.24, 2.45) is 0 Å². The van der Waals surface area contributed by atoms with E-state index in [9.17, 15) is 0 Å². The highest BCUT2D eigenvalue weighted by atomic mass is 127. The Morgan fingerprint density at radius 2 is 2.06 bits per heavy atom. The minimum Gasteiger partial charge on any atom is -0.384 e. The highest BCUT2D eigenvalue weighted by molar-refractivity contribution is 14.1. The monoisotopic (exact) mass is 340 g/mol. The van der Waals surface area contributed by atoms with Gasteiger partial charge in [0.15, 0.2) is 0 Å². The summed E-state index contributed by atoms with van der Waals surface area (Å²) in [6.07, 6.45) is 0.769. The molecule has 0 aliphatic heterocycles. The summed E-state index contributed by atoms with van der Waals surface area (Å²) in [5, 5.41) is 3.25. The standard InChI is InChI=1S/C12H13IN4/c1-2-11-16-10(14)7-12(17-11)15-9-6-4-3-5-8(9)13/h3-7H,2H2,1H3,(H3,14,15,16,17). The number of benzene rings is 1. The molecule has 0 amide bonds. The normalized spacial score (nSPS) is 10.2. The zero-order chi connectivity index (χ0) is 12.3. The average molecular weight is 340 g/mol. The van der Waals surface area contributed by atoms with Crippen LogP contribution in [0.1, 0.15) is 12.7 Å². The molecule has 1 heterocycles. The molecule has 0 aliphatic rings. The van der Waals surface area contributed by atoms with Gasteiger partial charge in [-0.25, -0.2) is 9.97 Å². The first-order valence-corrected chi connectivity index (χ1v) is 6.42. The van der Waals surface area contributed by atoms with Crippen LogP contribution in [0.2, 0.25) is 0 Å². The van der Waals surface area contributed by atoms with Gasteiger partial charge in [-0.1, -0.05) is 19.1 Å². The van der Waals surface area contributed by atoms with Gasteiger partial charge >= 0.3 is 0 Å². The second-order valence-corrected chi connectivity index (χ2v) is 4.71. The van der Waals surface area contributed by atoms with E-state index in [1.165, 1.54) is 0 Å². The summed E-state index contributed by atoms with van der Waals surface area (Å²) < 4.78 is 1.14. The number of rotatable bonds is 3. The van der Waals surface area contributed by atoms with Crippen LogP contribution in [-0.2, 0) is 6.42 Å². The molecule has 0 atom stereocenters. The molecule has 0 spiro atoms. The number of nitrogens with two attached hydrogens (primary N) is 1. The topological polar surface area (TPSA) is 63.8 Å². The largest absolute Gasteiger partial charge is 0.384 e. The molecule has 2 aromatic rings. The highest BCUT2D eigenvalue weighted by Crippen LogP contribution is 2.21. The lowest BCUT2D eigenvalue weighted by Crippen LogP contribution is -2.03. The first-order chi connectivity index (χ1) is 8.19. The number of hydrogen-bond donors (Lipinski definition) is 2. The van der Waals surface area contributed by atoms with Gasteiger partial charge in [-0.15, -0.1) is 0 Å². The van der Waals surface area contributed by atoms with Crippen molar-refractivity contribution in [3.63, 3.8) is 0 Å². The van der Waals surface area contributed by atoms with Crippen LogP contribution >= 0.6 is 22.6 Å². The van der Waals surface area contributed by atoms with Crippen molar-refractivity contribution in [2.45, 2.75) is 13.3 Å². The maximum Gasteiger partial charge on any atom is 0.136 e. The lowest BCUT2D eigenvalue weighted by molar-refractivity contribution is 0.948. The minimum atomic E-state index is 0.491. The lowest BCUT2D eigenvalue weighted by atomic mass is 10.3. The number of halogens is 1. The predicted octanol–water partition coefficient (Wildman–Crippen LogP) is 2.97. The summed E-state index contributed by atoms with van der Waals surface area (Å²) in [7, 11) is 0. The molecule has 1 aromatic heterocycles. The van der Waals surface area contributed by atoms with E-state index in [1.54, 1.807) is 6.07 Å². The number of para-hydroxylation sites is 1. The van der Waals surface area contributed by atoms with E-state index >= 15 is 0 Å². The van der Waals surface area contributed by atoms with Gasteiger partial charge in [0.2, 0.25) is 0 Å². The smallest absolute Gasteiger partial charge is 0.136 e. The molecule has 4 nitrogen and oxygen atoms in total. The molecule has 5 heteroatoms. The Balaban J connectivity index is 2.30. The third-order valence-corrected chi connectivity index (χ3v) is 3.19. The van der Waals surface area contributed by atoms with E-state index in [0.717, 1.165) is 27.3 Å². The van der Waals surface area contributed by atoms with E-state index in [0.29, 0.717) is 5.82 Å². The Morgan fingerprint density at radius 3 is 2.76 bits per heavy atom. The number of anilines is 3. The van der Waals surface area contributed by atoms with Crippen molar-refractivity contribution in [1.82, 2.24) is 9.97 Å². The summed E-state index contributed by atoms with van der Waals surface area (Å²) in [5.41, 5.74) is 6.76. The number of nitrogens with zero attached hydrogens (tertiary/aromatic N) is 2. The Kier molecular flexibility index (Phi) is 3.78. The quantitative estimate of drug-likeness (QED) is 0.844. The van der Waals surface area contributed by atoms with Crippen molar-refractivity contribution in [3.8, 4) is 0 Å². The Bertz CT molecular complexity index is 528. The number of hydrogen-bond acceptors (Lipinski definition) is 4. The molecule has 3 N–H and O–H groups in total. The second-order valence-electron chi connectivity index (χ2n) is 3.55. The molecule has 0 fully saturated rings. The maximum atomic E-state index is 5.73. The molecule has 0 saturated heterocycles. The van der Waals surface area contributed by atoms with Gasteiger partial charge in [-0.3, -0.25) is 0 Å². The molecule has 0 radical (unpaired) electrons. The van der Waals surface area contributed by atoms with Crippen molar-refractivity contribution < 1.29 is 0 Å². The Morgan fingerprint density at radius 1 is 1.29 bits per heavy atom. The number of aromatic nitrogens is 2. The summed E-state index contributed by atoms with van der Waals surface area (Å²) >= 11 is 2.28. The van der Waals surface area contributed by atoms with Crippen molar-refractivity contribution in [1.29, 1.82) is 0 Å². The van der Waals surface area contributed by atoms with Crippen LogP contribution in [0.15, 0.2) is 30.3 Å². The van der Waals surface area contributed by atoms with E-state index in [2.05, 4.69) is 37.9 Å². The first-order valence-electron chi connectivity index (χ1n) is 5.34. The third-order valence-electron chi connectivity index (χ3n) is 2.25. The van der Waals surface area contributed by atoms with Crippen LogP contribution < -0.4 is 11.1 Å². The average Bonchev–Trinajstić information content (AvgIpc) is 2.31. The van der Waals surface area contributed by atoms with Crippen molar-refractivity contribution in [2.75, 3.05) is 11.1 Å². The maximum absolute atomic E-state index is 5.73. The highest BCUT2D eigenvalue weighted by Gasteiger charge is 2.03. The number of nitrogens with one attached hydrogen (secondary N) is 1. The van der Waals surface area contributed by atoms with Crippen LogP contribution in [0.3, 0.4) is 0 Å². The van der Waals surface area contributed by atoms with Crippen LogP contribution in [0.4, 0.5) is 17.3 Å². The van der Waals surface area contributed by atoms with E-state index in [4.69, 9.17) is 5.73 Å². The van der Waals surface area contributed by atoms with Gasteiger partial charge in [0.05, 0.1) is 5.69 Å². The fraction of sp³-hybridized carbons (Fsp3) is 0.167. The summed E-state index contributed by atoms with van der Waals surface area (Å²) in [5.74, 6) is 1.97. The summed E-state index contributed by atoms with van der Waals surface area (Å²) in [6, 6.07) is 9.76. The molecule has 17 heavy (non-hydrogen) atoms. The number of aryl methyl sites for hydroxylation is 1. The predicted molar refractivity (Wildman–Crippen MR) is 78.3 cm³/mol. The first kappa shape index (κ1) is 12.1. The molecule has 1 aromatic carbocycles. The minimum absolute atomic E-state index is 0.491. The van der Waals surface area contributed by atoms with Crippen LogP contribution in [-0.4, -0.2) is 9.97 Å². The van der Waals surface area contributed by atoms with Gasteiger partial charge in [0, 0.05) is 16.1 Å². The van der Waals surface area contributed by atoms with E-state index in [-0.39, 0.29) is 0 Å². The molecular formula is C12H13IN4. The molecule has 0 saturated carbocycles. The molecule has 0 unspecified atom stereocenters. The SMILES string of the molecule is CCc1nc(N)cc(Nc2ccccc2I)n1. The lowest BCUT2D eigenvalue weighted by Gasteiger charge is -2.09. The Labute approximate surface area is 114 Å². The van der Waals surface area contributed by atoms with Crippen LogP contribution in [0, 0.1) is 3.57 Å². The fourth-order valence-electron chi connectivity index (χ4n) is 1.44. The van der Waals surface area contributed by atoms with Gasteiger partial charge in [-0.05, 0) is 34.7 Å². The van der Waals surface area contributed by atoms with E-state index in [1.807, 2.05) is 31.2 Å². The summed E-state index contributed by atoms with van der Waals surface area (Å²) in [4.78, 5) is 8.52. The van der Waals surface area contributed by atoms with Crippen molar-refractivity contribution in [3.05, 3.63) is 39.7 Å². The second kappa shape index (κ2) is 5.31. The van der Waals surface area contributed by atoms with Crippen LogP contribution in [0.5, 0.6) is 0 Å². The van der Waals surface area contributed by atoms with Crippen LogP contribution in [0.25, 0.3) is 0 Å². The third kappa shape index (κ3) is 3.06. The molecule has 88 valence electrons. The van der Waals surface area contributed by atoms with Crippen molar-refractivity contribution >= 4 is 39.9 Å². The molecule has 0 aliphatic carbocycles. The molecule has 0 bridgehead atoms. The van der Waals surface area contributed by atoms with E-state index < -0.39 is 0 Å². The van der Waals surface area contributed by atoms with Gasteiger partial charge < -0.3 is 11.1 Å². The zero-order valence-electron chi connectivity index (χ0n) is 9.44. The molecular weight excluding hydrogens is 327 g/mol. The fourth-order valence-corrected chi connectivity index (χ4v) is 1.96. The van der Waals surface area contributed by atoms with Gasteiger partial charge in [-0.2, -0.15) is 0 Å². The molecule has 2 rings (SSSR count). The summed E-state index contributed by atoms with van der Waals surface area (Å²) in [6.45, 7) is 2.00. The van der Waals surface area contributed by atoms with Gasteiger partial charge in [0.1, 0.15) is 17.5 Å². The number of nitrogen functional groups attached to an aromatic ring is 1. The zero-order valence-corrected chi connectivity index (χ0v) is 11.6. The van der Waals surface area contributed by atoms with Gasteiger partial charge in [0.25, 0.3) is 0 Å².